The Bertz CT molecular complexity index is 1000. The molecule has 4 amide bonds. The van der Waals surface area contributed by atoms with Gasteiger partial charge in [0.05, 0.1) is 17.9 Å². The fourth-order valence-corrected chi connectivity index (χ4v) is 5.14. The van der Waals surface area contributed by atoms with E-state index in [0.717, 1.165) is 18.4 Å². The van der Waals surface area contributed by atoms with Gasteiger partial charge in [0.2, 0.25) is 17.7 Å². The van der Waals surface area contributed by atoms with Crippen LogP contribution in [0.3, 0.4) is 0 Å². The summed E-state index contributed by atoms with van der Waals surface area (Å²) in [5.41, 5.74) is 5.18. The second-order valence-electron chi connectivity index (χ2n) is 11.1. The summed E-state index contributed by atoms with van der Waals surface area (Å²) in [5.74, 6) is -1.94. The Morgan fingerprint density at radius 1 is 1.14 bits per heavy atom. The van der Waals surface area contributed by atoms with Crippen LogP contribution in [0.5, 0.6) is 0 Å². The average molecular weight is 501 g/mol. The van der Waals surface area contributed by atoms with E-state index < -0.39 is 29.4 Å². The number of nitrogens with one attached hydrogen (secondary N) is 2. The molecule has 3 fully saturated rings. The van der Waals surface area contributed by atoms with Gasteiger partial charge in [-0.15, -0.1) is 0 Å². The first-order valence-corrected chi connectivity index (χ1v) is 12.5. The van der Waals surface area contributed by atoms with Crippen molar-refractivity contribution in [2.24, 2.45) is 17.3 Å². The van der Waals surface area contributed by atoms with Crippen molar-refractivity contribution in [1.82, 2.24) is 20.8 Å². The van der Waals surface area contributed by atoms with Crippen LogP contribution in [0.2, 0.25) is 0 Å². The molecule has 4 rings (SSSR count). The smallest absolute Gasteiger partial charge is 0.410 e. The minimum Gasteiger partial charge on any atom is -0.444 e. The molecule has 1 aromatic carbocycles. The van der Waals surface area contributed by atoms with Crippen molar-refractivity contribution in [1.29, 1.82) is 0 Å². The molecule has 2 saturated carbocycles. The lowest BCUT2D eigenvalue weighted by Crippen LogP contribution is -2.49. The van der Waals surface area contributed by atoms with Crippen LogP contribution in [0.4, 0.5) is 4.79 Å². The van der Waals surface area contributed by atoms with Crippen LogP contribution in [0.1, 0.15) is 58.4 Å². The summed E-state index contributed by atoms with van der Waals surface area (Å²) in [6.07, 6.45) is 2.56. The molecule has 10 nitrogen and oxygen atoms in total. The van der Waals surface area contributed by atoms with E-state index >= 15 is 0 Å². The zero-order chi connectivity index (χ0) is 26.1. The summed E-state index contributed by atoms with van der Waals surface area (Å²) in [6.45, 7) is 5.74. The standard InChI is InChI=1S/C26H36N4O6/c1-25(2,3)36-24(34)29(4)13-10-21(31)27-28-22(32)19-15-26(11-12-26)20-14-18(19)23(33)30(20)35-16-17-8-6-5-7-9-17/h5-9,18-20H,10-16H2,1-4H3,(H,27,31)(H,28,32). The van der Waals surface area contributed by atoms with Gasteiger partial charge in [0.1, 0.15) is 12.2 Å². The van der Waals surface area contributed by atoms with Gasteiger partial charge in [0, 0.05) is 20.0 Å². The van der Waals surface area contributed by atoms with Gasteiger partial charge < -0.3 is 9.64 Å². The Morgan fingerprint density at radius 3 is 2.47 bits per heavy atom. The maximum atomic E-state index is 13.2. The van der Waals surface area contributed by atoms with Gasteiger partial charge in [0.15, 0.2) is 0 Å². The zero-order valence-electron chi connectivity index (χ0n) is 21.4. The van der Waals surface area contributed by atoms with Gasteiger partial charge in [-0.25, -0.2) is 9.86 Å². The Balaban J connectivity index is 1.28. The molecule has 10 heteroatoms. The predicted octanol–water partition coefficient (Wildman–Crippen LogP) is 2.54. The van der Waals surface area contributed by atoms with Gasteiger partial charge in [-0.2, -0.15) is 0 Å². The maximum absolute atomic E-state index is 13.2. The number of fused-ring (bicyclic) bond motifs is 3. The summed E-state index contributed by atoms with van der Waals surface area (Å²) in [5, 5.41) is 1.52. The van der Waals surface area contributed by atoms with Crippen molar-refractivity contribution in [2.75, 3.05) is 13.6 Å². The highest BCUT2D eigenvalue weighted by atomic mass is 16.7. The number of hydroxylamine groups is 2. The Kier molecular flexibility index (Phi) is 7.26. The van der Waals surface area contributed by atoms with Gasteiger partial charge >= 0.3 is 6.09 Å². The number of rotatable bonds is 7. The van der Waals surface area contributed by atoms with Gasteiger partial charge in [-0.05, 0) is 57.4 Å². The SMILES string of the molecule is CN(CCC(=O)NNC(=O)C1CC2(CC2)C2CC1C(=O)N2OCc1ccccc1)C(=O)OC(C)(C)C. The summed E-state index contributed by atoms with van der Waals surface area (Å²) < 4.78 is 5.26. The third-order valence-electron chi connectivity index (χ3n) is 7.26. The highest BCUT2D eigenvalue weighted by Crippen LogP contribution is 2.63. The van der Waals surface area contributed by atoms with E-state index in [1.807, 2.05) is 30.3 Å². The quantitative estimate of drug-likeness (QED) is 0.556. The molecule has 0 aromatic heterocycles. The zero-order valence-corrected chi connectivity index (χ0v) is 21.4. The Morgan fingerprint density at radius 2 is 1.83 bits per heavy atom. The van der Waals surface area contributed by atoms with Crippen LogP contribution in [0, 0.1) is 17.3 Å². The maximum Gasteiger partial charge on any atom is 0.410 e. The average Bonchev–Trinajstić information content (AvgIpc) is 3.54. The highest BCUT2D eigenvalue weighted by Gasteiger charge is 2.65. The minimum absolute atomic E-state index is 0.00381. The van der Waals surface area contributed by atoms with Crippen LogP contribution in [-0.2, 0) is 30.6 Å². The van der Waals surface area contributed by atoms with E-state index in [1.165, 1.54) is 9.96 Å². The molecule has 2 aliphatic carbocycles. The largest absolute Gasteiger partial charge is 0.444 e. The van der Waals surface area contributed by atoms with Crippen molar-refractivity contribution < 1.29 is 28.8 Å². The number of nitrogens with zero attached hydrogens (tertiary/aromatic N) is 2. The van der Waals surface area contributed by atoms with Gasteiger partial charge in [0.25, 0.3) is 0 Å². The molecule has 3 unspecified atom stereocenters. The lowest BCUT2D eigenvalue weighted by atomic mass is 9.72. The molecule has 2 N–H and O–H groups in total. The first-order valence-electron chi connectivity index (χ1n) is 12.5. The fourth-order valence-electron chi connectivity index (χ4n) is 5.14. The van der Waals surface area contributed by atoms with Crippen LogP contribution >= 0.6 is 0 Å². The molecule has 2 bridgehead atoms. The topological polar surface area (TPSA) is 117 Å². The lowest BCUT2D eigenvalue weighted by Gasteiger charge is -2.34. The number of carbonyl (C=O) groups excluding carboxylic acids is 4. The van der Waals surface area contributed by atoms with Gasteiger partial charge in [-0.1, -0.05) is 30.3 Å². The second-order valence-corrected chi connectivity index (χ2v) is 11.1. The summed E-state index contributed by atoms with van der Waals surface area (Å²) >= 11 is 0. The van der Waals surface area contributed by atoms with Crippen LogP contribution < -0.4 is 10.9 Å². The summed E-state index contributed by atoms with van der Waals surface area (Å²) in [7, 11) is 1.55. The molecule has 196 valence electrons. The van der Waals surface area contributed by atoms with Gasteiger partial charge in [-0.3, -0.25) is 30.1 Å². The molecule has 1 spiro atoms. The lowest BCUT2D eigenvalue weighted by molar-refractivity contribution is -0.201. The number of carbonyl (C=O) groups is 4. The molecule has 36 heavy (non-hydrogen) atoms. The van der Waals surface area contributed by atoms with Crippen LogP contribution in [-0.4, -0.2) is 59.0 Å². The van der Waals surface area contributed by atoms with Crippen molar-refractivity contribution in [3.8, 4) is 0 Å². The normalized spacial score (nSPS) is 23.8. The van der Waals surface area contributed by atoms with Crippen molar-refractivity contribution in [2.45, 2.75) is 71.1 Å². The molecule has 1 aromatic rings. The Labute approximate surface area is 211 Å². The predicted molar refractivity (Wildman–Crippen MR) is 130 cm³/mol. The molecule has 1 heterocycles. The number of hydrazine groups is 1. The first kappa shape index (κ1) is 25.9. The number of amides is 4. The third kappa shape index (κ3) is 5.80. The van der Waals surface area contributed by atoms with E-state index in [4.69, 9.17) is 9.57 Å². The van der Waals surface area contributed by atoms with E-state index in [0.29, 0.717) is 19.4 Å². The minimum atomic E-state index is -0.626. The molecule has 3 atom stereocenters. The second kappa shape index (κ2) is 10.1. The number of ether oxygens (including phenoxy) is 1. The summed E-state index contributed by atoms with van der Waals surface area (Å²) in [4.78, 5) is 57.8. The highest BCUT2D eigenvalue weighted by molar-refractivity contribution is 5.91. The van der Waals surface area contributed by atoms with E-state index in [-0.39, 0.29) is 36.2 Å². The van der Waals surface area contributed by atoms with E-state index in [1.54, 1.807) is 27.8 Å². The number of hydrogen-bond acceptors (Lipinski definition) is 6. The van der Waals surface area contributed by atoms with Crippen LogP contribution in [0.15, 0.2) is 30.3 Å². The number of benzene rings is 1. The van der Waals surface area contributed by atoms with Crippen molar-refractivity contribution in [3.63, 3.8) is 0 Å². The molecule has 1 saturated heterocycles. The van der Waals surface area contributed by atoms with Crippen LogP contribution in [0.25, 0.3) is 0 Å². The van der Waals surface area contributed by atoms with E-state index in [2.05, 4.69) is 10.9 Å². The molecule has 3 aliphatic rings. The molecule has 1 aliphatic heterocycles. The molecular formula is C26H36N4O6. The van der Waals surface area contributed by atoms with Crippen molar-refractivity contribution >= 4 is 23.8 Å². The third-order valence-corrected chi connectivity index (χ3v) is 7.26. The first-order chi connectivity index (χ1) is 17.0. The number of hydrogen-bond donors (Lipinski definition) is 2. The fraction of sp³-hybridized carbons (Fsp3) is 0.615. The van der Waals surface area contributed by atoms with E-state index in [9.17, 15) is 19.2 Å². The summed E-state index contributed by atoms with van der Waals surface area (Å²) in [6, 6.07) is 9.66. The van der Waals surface area contributed by atoms with Crippen molar-refractivity contribution in [3.05, 3.63) is 35.9 Å². The monoisotopic (exact) mass is 500 g/mol. The molecule has 0 radical (unpaired) electrons. The Hall–Kier alpha value is -3.14. The molecular weight excluding hydrogens is 464 g/mol.